The first-order valence-electron chi connectivity index (χ1n) is 5.25. The summed E-state index contributed by atoms with van der Waals surface area (Å²) in [6.45, 7) is 0. The molecular weight excluding hydrogens is 148 g/mol. The molecule has 0 aromatic heterocycles. The predicted molar refractivity (Wildman–Crippen MR) is 49.9 cm³/mol. The van der Waals surface area contributed by atoms with Gasteiger partial charge in [-0.15, -0.1) is 0 Å². The summed E-state index contributed by atoms with van der Waals surface area (Å²) in [5.41, 5.74) is 1.56. The molecule has 0 spiro atoms. The van der Waals surface area contributed by atoms with Crippen LogP contribution in [-0.2, 0) is 0 Å². The summed E-state index contributed by atoms with van der Waals surface area (Å²) in [5.74, 6) is 0.833. The van der Waals surface area contributed by atoms with E-state index in [1.807, 2.05) is 0 Å². The fourth-order valence-electron chi connectivity index (χ4n) is 2.57. The van der Waals surface area contributed by atoms with Crippen LogP contribution in [-0.4, -0.2) is 11.2 Å². The van der Waals surface area contributed by atoms with Crippen molar-refractivity contribution in [3.63, 3.8) is 0 Å². The molecule has 0 aromatic rings. The largest absolute Gasteiger partial charge is 0.389 e. The molecule has 0 saturated heterocycles. The van der Waals surface area contributed by atoms with Crippen molar-refractivity contribution in [2.24, 2.45) is 5.92 Å². The molecular formula is C11H18O. The zero-order valence-corrected chi connectivity index (χ0v) is 7.63. The normalized spacial score (nSPS) is 32.1. The Morgan fingerprint density at radius 3 is 2.50 bits per heavy atom. The zero-order valence-electron chi connectivity index (χ0n) is 7.63. The monoisotopic (exact) mass is 166 g/mol. The summed E-state index contributed by atoms with van der Waals surface area (Å²) in [6, 6.07) is 0. The van der Waals surface area contributed by atoms with Crippen molar-refractivity contribution in [1.29, 1.82) is 0 Å². The summed E-state index contributed by atoms with van der Waals surface area (Å²) < 4.78 is 0. The van der Waals surface area contributed by atoms with Crippen molar-refractivity contribution >= 4 is 0 Å². The predicted octanol–water partition coefficient (Wildman–Crippen LogP) is 2.65. The molecule has 0 radical (unpaired) electrons. The van der Waals surface area contributed by atoms with Crippen molar-refractivity contribution in [1.82, 2.24) is 0 Å². The van der Waals surface area contributed by atoms with Crippen LogP contribution in [0.4, 0.5) is 0 Å². The third kappa shape index (κ3) is 1.71. The van der Waals surface area contributed by atoms with Gasteiger partial charge in [0.25, 0.3) is 0 Å². The zero-order chi connectivity index (χ0) is 8.39. The second-order valence-electron chi connectivity index (χ2n) is 4.18. The molecule has 68 valence electrons. The molecule has 0 heterocycles. The summed E-state index contributed by atoms with van der Waals surface area (Å²) in [5, 5.41) is 9.46. The van der Waals surface area contributed by atoms with Gasteiger partial charge < -0.3 is 5.11 Å². The standard InChI is InChI=1S/C11H18O/c12-11-7-3-6-10(8-11)9-4-1-2-5-9/h8-9,11-12H,1-7H2. The minimum Gasteiger partial charge on any atom is -0.389 e. The van der Waals surface area contributed by atoms with Crippen LogP contribution < -0.4 is 0 Å². The van der Waals surface area contributed by atoms with Gasteiger partial charge in [0.1, 0.15) is 0 Å². The van der Waals surface area contributed by atoms with Gasteiger partial charge in [0.05, 0.1) is 6.10 Å². The van der Waals surface area contributed by atoms with E-state index in [0.29, 0.717) is 0 Å². The molecule has 1 atom stereocenters. The van der Waals surface area contributed by atoms with E-state index in [4.69, 9.17) is 0 Å². The molecule has 0 amide bonds. The van der Waals surface area contributed by atoms with E-state index in [-0.39, 0.29) is 6.10 Å². The first-order valence-corrected chi connectivity index (χ1v) is 5.25. The van der Waals surface area contributed by atoms with Crippen LogP contribution in [0.3, 0.4) is 0 Å². The smallest absolute Gasteiger partial charge is 0.0723 e. The van der Waals surface area contributed by atoms with E-state index in [2.05, 4.69) is 6.08 Å². The van der Waals surface area contributed by atoms with Gasteiger partial charge in [-0.2, -0.15) is 0 Å². The van der Waals surface area contributed by atoms with Gasteiger partial charge in [0.15, 0.2) is 0 Å². The van der Waals surface area contributed by atoms with Crippen LogP contribution in [0.5, 0.6) is 0 Å². The number of hydrogen-bond donors (Lipinski definition) is 1. The minimum atomic E-state index is -0.130. The highest BCUT2D eigenvalue weighted by molar-refractivity contribution is 5.13. The lowest BCUT2D eigenvalue weighted by atomic mass is 9.87. The summed E-state index contributed by atoms with van der Waals surface area (Å²) in [7, 11) is 0. The quantitative estimate of drug-likeness (QED) is 0.594. The molecule has 1 fully saturated rings. The highest BCUT2D eigenvalue weighted by Gasteiger charge is 2.21. The van der Waals surface area contributed by atoms with Crippen LogP contribution in [0.1, 0.15) is 44.9 Å². The number of allylic oxidation sites excluding steroid dienone is 1. The van der Waals surface area contributed by atoms with Crippen molar-refractivity contribution in [2.75, 3.05) is 0 Å². The number of rotatable bonds is 1. The van der Waals surface area contributed by atoms with Crippen LogP contribution in [0, 0.1) is 5.92 Å². The average molecular weight is 166 g/mol. The van der Waals surface area contributed by atoms with Gasteiger partial charge in [0.2, 0.25) is 0 Å². The lowest BCUT2D eigenvalue weighted by Crippen LogP contribution is -2.12. The Kier molecular flexibility index (Phi) is 2.50. The van der Waals surface area contributed by atoms with Gasteiger partial charge in [-0.25, -0.2) is 0 Å². The highest BCUT2D eigenvalue weighted by Crippen LogP contribution is 2.35. The van der Waals surface area contributed by atoms with Gasteiger partial charge >= 0.3 is 0 Å². The Bertz CT molecular complexity index is 177. The number of hydrogen-bond acceptors (Lipinski definition) is 1. The van der Waals surface area contributed by atoms with E-state index in [0.717, 1.165) is 12.3 Å². The van der Waals surface area contributed by atoms with E-state index in [1.54, 1.807) is 5.57 Å². The summed E-state index contributed by atoms with van der Waals surface area (Å²) in [6.07, 6.45) is 11.0. The van der Waals surface area contributed by atoms with Crippen LogP contribution in [0.2, 0.25) is 0 Å². The van der Waals surface area contributed by atoms with Crippen LogP contribution in [0.15, 0.2) is 11.6 Å². The topological polar surface area (TPSA) is 20.2 Å². The maximum absolute atomic E-state index is 9.46. The fraction of sp³-hybridized carbons (Fsp3) is 0.818. The van der Waals surface area contributed by atoms with Crippen molar-refractivity contribution < 1.29 is 5.11 Å². The van der Waals surface area contributed by atoms with Gasteiger partial charge in [0, 0.05) is 0 Å². The first kappa shape index (κ1) is 8.31. The van der Waals surface area contributed by atoms with Crippen LogP contribution >= 0.6 is 0 Å². The molecule has 0 bridgehead atoms. The molecule has 1 heteroatoms. The Balaban J connectivity index is 2.01. The van der Waals surface area contributed by atoms with Crippen molar-refractivity contribution in [3.05, 3.63) is 11.6 Å². The van der Waals surface area contributed by atoms with Crippen molar-refractivity contribution in [2.45, 2.75) is 51.0 Å². The van der Waals surface area contributed by atoms with E-state index >= 15 is 0 Å². The molecule has 2 rings (SSSR count). The van der Waals surface area contributed by atoms with E-state index < -0.39 is 0 Å². The summed E-state index contributed by atoms with van der Waals surface area (Å²) in [4.78, 5) is 0. The second kappa shape index (κ2) is 3.61. The van der Waals surface area contributed by atoms with Gasteiger partial charge in [-0.3, -0.25) is 0 Å². The van der Waals surface area contributed by atoms with E-state index in [9.17, 15) is 5.11 Å². The molecule has 12 heavy (non-hydrogen) atoms. The minimum absolute atomic E-state index is 0.130. The molecule has 1 N–H and O–H groups in total. The lowest BCUT2D eigenvalue weighted by Gasteiger charge is -2.21. The summed E-state index contributed by atoms with van der Waals surface area (Å²) >= 11 is 0. The Hall–Kier alpha value is -0.300. The molecule has 2 aliphatic rings. The second-order valence-corrected chi connectivity index (χ2v) is 4.18. The van der Waals surface area contributed by atoms with Gasteiger partial charge in [-0.1, -0.05) is 24.5 Å². The first-order chi connectivity index (χ1) is 5.86. The maximum atomic E-state index is 9.46. The number of aliphatic hydroxyl groups excluding tert-OH is 1. The molecule has 1 unspecified atom stereocenters. The molecule has 0 aliphatic heterocycles. The van der Waals surface area contributed by atoms with E-state index in [1.165, 1.54) is 38.5 Å². The van der Waals surface area contributed by atoms with Crippen LogP contribution in [0.25, 0.3) is 0 Å². The molecule has 1 nitrogen and oxygen atoms in total. The Morgan fingerprint density at radius 1 is 1.08 bits per heavy atom. The molecule has 2 aliphatic carbocycles. The Morgan fingerprint density at radius 2 is 1.83 bits per heavy atom. The highest BCUT2D eigenvalue weighted by atomic mass is 16.3. The fourth-order valence-corrected chi connectivity index (χ4v) is 2.57. The average Bonchev–Trinajstić information content (AvgIpc) is 2.56. The third-order valence-electron chi connectivity index (χ3n) is 3.25. The number of aliphatic hydroxyl groups is 1. The van der Waals surface area contributed by atoms with Crippen molar-refractivity contribution in [3.8, 4) is 0 Å². The SMILES string of the molecule is OC1C=C(C2CCCC2)CCC1. The van der Waals surface area contributed by atoms with Gasteiger partial charge in [-0.05, 0) is 38.0 Å². The molecule has 0 aromatic carbocycles. The molecule has 1 saturated carbocycles. The lowest BCUT2D eigenvalue weighted by molar-refractivity contribution is 0.199. The Labute approximate surface area is 74.5 Å². The third-order valence-corrected chi connectivity index (χ3v) is 3.25. The maximum Gasteiger partial charge on any atom is 0.0723 e.